The maximum Gasteiger partial charge on any atom is 0.317 e. The van der Waals surface area contributed by atoms with Crippen molar-refractivity contribution >= 4 is 23.9 Å². The van der Waals surface area contributed by atoms with Gasteiger partial charge in [0.15, 0.2) is 0 Å². The van der Waals surface area contributed by atoms with Crippen LogP contribution in [-0.4, -0.2) is 34.1 Å². The van der Waals surface area contributed by atoms with Crippen LogP contribution in [0.5, 0.6) is 0 Å². The Labute approximate surface area is 110 Å². The Hall–Kier alpha value is -1.92. The van der Waals surface area contributed by atoms with Crippen LogP contribution in [0.3, 0.4) is 0 Å². The summed E-state index contributed by atoms with van der Waals surface area (Å²) in [5.74, 6) is -5.45. The zero-order valence-electron chi connectivity index (χ0n) is 10.9. The lowest BCUT2D eigenvalue weighted by atomic mass is 10.0. The van der Waals surface area contributed by atoms with Crippen LogP contribution in [0.4, 0.5) is 0 Å². The van der Waals surface area contributed by atoms with Gasteiger partial charge in [0.05, 0.1) is 18.3 Å². The molecule has 7 heteroatoms. The van der Waals surface area contributed by atoms with Gasteiger partial charge >= 0.3 is 23.9 Å². The first-order valence-corrected chi connectivity index (χ1v) is 5.97. The number of hydrogen-bond donors (Lipinski definition) is 2. The molecule has 0 bridgehead atoms. The number of carboxylic acids is 2. The van der Waals surface area contributed by atoms with Crippen LogP contribution in [0.25, 0.3) is 0 Å². The average Bonchev–Trinajstić information content (AvgIpc) is 2.32. The van der Waals surface area contributed by atoms with E-state index in [0.29, 0.717) is 0 Å². The molecule has 2 atom stereocenters. The lowest BCUT2D eigenvalue weighted by Crippen LogP contribution is -2.23. The Morgan fingerprint density at radius 2 is 1.74 bits per heavy atom. The highest BCUT2D eigenvalue weighted by Gasteiger charge is 2.24. The minimum Gasteiger partial charge on any atom is -0.481 e. The van der Waals surface area contributed by atoms with E-state index in [-0.39, 0.29) is 19.3 Å². The van der Waals surface area contributed by atoms with Crippen molar-refractivity contribution in [3.8, 4) is 0 Å². The molecule has 19 heavy (non-hydrogen) atoms. The summed E-state index contributed by atoms with van der Waals surface area (Å²) in [5, 5.41) is 17.2. The van der Waals surface area contributed by atoms with Crippen molar-refractivity contribution in [2.75, 3.05) is 0 Å². The van der Waals surface area contributed by atoms with E-state index in [1.807, 2.05) is 0 Å². The van der Waals surface area contributed by atoms with Gasteiger partial charge in [0, 0.05) is 6.42 Å². The summed E-state index contributed by atoms with van der Waals surface area (Å²) in [4.78, 5) is 43.8. The average molecular weight is 274 g/mol. The summed E-state index contributed by atoms with van der Waals surface area (Å²) in [6.45, 7) is 3.06. The van der Waals surface area contributed by atoms with Crippen molar-refractivity contribution in [3.63, 3.8) is 0 Å². The Morgan fingerprint density at radius 1 is 1.16 bits per heavy atom. The predicted molar refractivity (Wildman–Crippen MR) is 63.2 cm³/mol. The van der Waals surface area contributed by atoms with Gasteiger partial charge < -0.3 is 14.9 Å². The standard InChI is InChI=1S/C12H18O7/c1-3-8(6-9(13)14)12(18)19-10(15)5-4-7(2)11(16)17/h7-8H,3-6H2,1-2H3,(H,13,14)(H,16,17). The molecule has 0 saturated heterocycles. The van der Waals surface area contributed by atoms with Crippen LogP contribution in [0.1, 0.15) is 39.5 Å². The number of rotatable bonds is 8. The lowest BCUT2D eigenvalue weighted by Gasteiger charge is -2.11. The highest BCUT2D eigenvalue weighted by Crippen LogP contribution is 2.12. The highest BCUT2D eigenvalue weighted by atomic mass is 16.6. The molecule has 0 aromatic heterocycles. The first-order chi connectivity index (χ1) is 8.77. The van der Waals surface area contributed by atoms with E-state index >= 15 is 0 Å². The minimum absolute atomic E-state index is 0.0666. The number of carboxylic acid groups (broad SMARTS) is 2. The molecule has 0 aliphatic carbocycles. The molecule has 7 nitrogen and oxygen atoms in total. The van der Waals surface area contributed by atoms with E-state index in [4.69, 9.17) is 10.2 Å². The predicted octanol–water partition coefficient (Wildman–Crippen LogP) is 1.06. The molecule has 0 aliphatic heterocycles. The Kier molecular flexibility index (Phi) is 7.40. The van der Waals surface area contributed by atoms with E-state index in [1.54, 1.807) is 6.92 Å². The SMILES string of the molecule is CCC(CC(=O)O)C(=O)OC(=O)CCC(C)C(=O)O. The number of carbonyl (C=O) groups excluding carboxylic acids is 2. The monoisotopic (exact) mass is 274 g/mol. The van der Waals surface area contributed by atoms with Crippen LogP contribution in [0.2, 0.25) is 0 Å². The molecule has 2 unspecified atom stereocenters. The molecule has 108 valence electrons. The fourth-order valence-corrected chi connectivity index (χ4v) is 1.31. The molecular formula is C12H18O7. The largest absolute Gasteiger partial charge is 0.481 e. The van der Waals surface area contributed by atoms with E-state index in [0.717, 1.165) is 0 Å². The number of ether oxygens (including phenoxy) is 1. The maximum absolute atomic E-state index is 11.5. The van der Waals surface area contributed by atoms with Crippen molar-refractivity contribution < 1.29 is 34.1 Å². The molecule has 0 heterocycles. The van der Waals surface area contributed by atoms with Crippen molar-refractivity contribution in [1.29, 1.82) is 0 Å². The molecule has 0 spiro atoms. The summed E-state index contributed by atoms with van der Waals surface area (Å²) in [6, 6.07) is 0. The molecule has 2 N–H and O–H groups in total. The van der Waals surface area contributed by atoms with E-state index < -0.39 is 42.1 Å². The van der Waals surface area contributed by atoms with Gasteiger partial charge in [0.2, 0.25) is 0 Å². The smallest absolute Gasteiger partial charge is 0.317 e. The van der Waals surface area contributed by atoms with Crippen molar-refractivity contribution in [3.05, 3.63) is 0 Å². The molecule has 0 amide bonds. The Balaban J connectivity index is 4.20. The van der Waals surface area contributed by atoms with E-state index in [9.17, 15) is 19.2 Å². The Bertz CT molecular complexity index is 361. The first-order valence-electron chi connectivity index (χ1n) is 5.97. The van der Waals surface area contributed by atoms with Crippen LogP contribution in [0.15, 0.2) is 0 Å². The molecule has 0 aromatic carbocycles. The third-order valence-electron chi connectivity index (χ3n) is 2.66. The summed E-state index contributed by atoms with van der Waals surface area (Å²) >= 11 is 0. The quantitative estimate of drug-likeness (QED) is 0.501. The van der Waals surface area contributed by atoms with Gasteiger partial charge in [-0.2, -0.15) is 0 Å². The molecule has 0 rings (SSSR count). The third kappa shape index (κ3) is 7.17. The second-order valence-electron chi connectivity index (χ2n) is 4.27. The zero-order valence-corrected chi connectivity index (χ0v) is 10.9. The molecule has 0 fully saturated rings. The second-order valence-corrected chi connectivity index (χ2v) is 4.27. The fourth-order valence-electron chi connectivity index (χ4n) is 1.31. The van der Waals surface area contributed by atoms with Gasteiger partial charge in [-0.3, -0.25) is 19.2 Å². The lowest BCUT2D eigenvalue weighted by molar-refractivity contribution is -0.164. The van der Waals surface area contributed by atoms with Crippen molar-refractivity contribution in [2.24, 2.45) is 11.8 Å². The van der Waals surface area contributed by atoms with Crippen molar-refractivity contribution in [2.45, 2.75) is 39.5 Å². The van der Waals surface area contributed by atoms with Crippen molar-refractivity contribution in [1.82, 2.24) is 0 Å². The minimum atomic E-state index is -1.14. The molecule has 0 radical (unpaired) electrons. The van der Waals surface area contributed by atoms with Crippen LogP contribution < -0.4 is 0 Å². The number of hydrogen-bond acceptors (Lipinski definition) is 5. The molecular weight excluding hydrogens is 256 g/mol. The summed E-state index contributed by atoms with van der Waals surface area (Å²) in [5.41, 5.74) is 0. The van der Waals surface area contributed by atoms with Gasteiger partial charge in [0.25, 0.3) is 0 Å². The highest BCUT2D eigenvalue weighted by molar-refractivity contribution is 5.88. The van der Waals surface area contributed by atoms with Crippen LogP contribution in [0, 0.1) is 11.8 Å². The van der Waals surface area contributed by atoms with Gasteiger partial charge in [-0.25, -0.2) is 0 Å². The van der Waals surface area contributed by atoms with Gasteiger partial charge in [-0.1, -0.05) is 13.8 Å². The van der Waals surface area contributed by atoms with Gasteiger partial charge in [-0.05, 0) is 12.8 Å². The molecule has 0 saturated carbocycles. The fraction of sp³-hybridized carbons (Fsp3) is 0.667. The summed E-state index contributed by atoms with van der Waals surface area (Å²) in [6.07, 6.45) is -0.266. The second kappa shape index (κ2) is 8.23. The van der Waals surface area contributed by atoms with Gasteiger partial charge in [0.1, 0.15) is 0 Å². The normalized spacial score (nSPS) is 13.4. The van der Waals surface area contributed by atoms with Gasteiger partial charge in [-0.15, -0.1) is 0 Å². The topological polar surface area (TPSA) is 118 Å². The zero-order chi connectivity index (χ0) is 15.0. The van der Waals surface area contributed by atoms with E-state index in [1.165, 1.54) is 6.92 Å². The third-order valence-corrected chi connectivity index (χ3v) is 2.66. The summed E-state index contributed by atoms with van der Waals surface area (Å²) < 4.78 is 4.50. The number of carbonyl (C=O) groups is 4. The summed E-state index contributed by atoms with van der Waals surface area (Å²) in [7, 11) is 0. The first kappa shape index (κ1) is 17.1. The maximum atomic E-state index is 11.5. The Morgan fingerprint density at radius 3 is 2.16 bits per heavy atom. The van der Waals surface area contributed by atoms with Crippen LogP contribution >= 0.6 is 0 Å². The number of esters is 2. The number of aliphatic carboxylic acids is 2. The molecule has 0 aromatic rings. The van der Waals surface area contributed by atoms with E-state index in [2.05, 4.69) is 4.74 Å². The molecule has 0 aliphatic rings. The van der Waals surface area contributed by atoms with Crippen LogP contribution in [-0.2, 0) is 23.9 Å².